The molecule has 0 unspecified atom stereocenters. The smallest absolute Gasteiger partial charge is 0.272 e. The van der Waals surface area contributed by atoms with Gasteiger partial charge in [-0.05, 0) is 32.0 Å². The zero-order valence-electron chi connectivity index (χ0n) is 14.4. The lowest BCUT2D eigenvalue weighted by atomic mass is 10.1. The molecule has 126 valence electrons. The van der Waals surface area contributed by atoms with Gasteiger partial charge in [0.05, 0.1) is 18.4 Å². The van der Waals surface area contributed by atoms with E-state index in [0.717, 1.165) is 23.8 Å². The number of aromatic nitrogens is 3. The average Bonchev–Trinajstić information content (AvgIpc) is 3.04. The lowest BCUT2D eigenvalue weighted by Gasteiger charge is -2.28. The summed E-state index contributed by atoms with van der Waals surface area (Å²) in [4.78, 5) is 23.4. The van der Waals surface area contributed by atoms with Crippen molar-refractivity contribution in [2.24, 2.45) is 0 Å². The minimum Gasteiger partial charge on any atom is -0.328 e. The average molecular weight is 332 g/mol. The standard InChI is InChI=1S/C20H20N4O/c1-14-5-3-7-16(11-14)18-12-21-19-13-23(9-10-24(18)19)20(25)17-8-4-6-15(2)22-17/h3-8,11-12H,9-10,13H2,1-2H3. The first-order chi connectivity index (χ1) is 12.1. The van der Waals surface area contributed by atoms with Crippen molar-refractivity contribution in [3.8, 4) is 11.3 Å². The summed E-state index contributed by atoms with van der Waals surface area (Å²) >= 11 is 0. The molecule has 5 heteroatoms. The third-order valence-corrected chi connectivity index (χ3v) is 4.57. The number of hydrogen-bond donors (Lipinski definition) is 0. The molecule has 25 heavy (non-hydrogen) atoms. The van der Waals surface area contributed by atoms with Crippen molar-refractivity contribution in [1.29, 1.82) is 0 Å². The van der Waals surface area contributed by atoms with Gasteiger partial charge in [-0.15, -0.1) is 0 Å². The number of aryl methyl sites for hydroxylation is 2. The second kappa shape index (κ2) is 6.16. The van der Waals surface area contributed by atoms with Crippen LogP contribution in [0.4, 0.5) is 0 Å². The fourth-order valence-electron chi connectivity index (χ4n) is 3.29. The van der Waals surface area contributed by atoms with Crippen molar-refractivity contribution in [2.45, 2.75) is 26.9 Å². The Morgan fingerprint density at radius 1 is 1.08 bits per heavy atom. The van der Waals surface area contributed by atoms with Crippen LogP contribution in [0.2, 0.25) is 0 Å². The van der Waals surface area contributed by atoms with E-state index in [4.69, 9.17) is 0 Å². The van der Waals surface area contributed by atoms with Gasteiger partial charge in [-0.3, -0.25) is 4.79 Å². The molecule has 3 heterocycles. The molecule has 0 fully saturated rings. The predicted molar refractivity (Wildman–Crippen MR) is 96.1 cm³/mol. The van der Waals surface area contributed by atoms with Crippen molar-refractivity contribution in [3.63, 3.8) is 0 Å². The molecule has 3 aromatic rings. The van der Waals surface area contributed by atoms with Gasteiger partial charge in [-0.2, -0.15) is 0 Å². The number of carbonyl (C=O) groups is 1. The summed E-state index contributed by atoms with van der Waals surface area (Å²) in [5.74, 6) is 0.888. The molecule has 0 N–H and O–H groups in total. The number of nitrogens with zero attached hydrogens (tertiary/aromatic N) is 4. The van der Waals surface area contributed by atoms with E-state index in [1.165, 1.54) is 11.1 Å². The lowest BCUT2D eigenvalue weighted by Crippen LogP contribution is -2.39. The molecule has 0 spiro atoms. The Bertz CT molecular complexity index is 944. The van der Waals surface area contributed by atoms with Crippen LogP contribution in [-0.2, 0) is 13.1 Å². The first-order valence-electron chi connectivity index (χ1n) is 8.46. The van der Waals surface area contributed by atoms with Crippen LogP contribution in [0.5, 0.6) is 0 Å². The number of pyridine rings is 1. The highest BCUT2D eigenvalue weighted by molar-refractivity contribution is 5.92. The van der Waals surface area contributed by atoms with E-state index in [1.54, 1.807) is 6.07 Å². The first-order valence-corrected chi connectivity index (χ1v) is 8.46. The zero-order valence-corrected chi connectivity index (χ0v) is 14.4. The molecule has 0 aliphatic carbocycles. The van der Waals surface area contributed by atoms with E-state index in [1.807, 2.05) is 30.2 Å². The second-order valence-corrected chi connectivity index (χ2v) is 6.47. The third-order valence-electron chi connectivity index (χ3n) is 4.57. The molecule has 1 amide bonds. The third kappa shape index (κ3) is 2.93. The van der Waals surface area contributed by atoms with Crippen LogP contribution in [0.25, 0.3) is 11.3 Å². The van der Waals surface area contributed by atoms with Crippen LogP contribution >= 0.6 is 0 Å². The molecular weight excluding hydrogens is 312 g/mol. The van der Waals surface area contributed by atoms with Crippen molar-refractivity contribution < 1.29 is 4.79 Å². The predicted octanol–water partition coefficient (Wildman–Crippen LogP) is 3.22. The normalized spacial score (nSPS) is 13.6. The number of hydrogen-bond acceptors (Lipinski definition) is 3. The molecule has 0 saturated heterocycles. The van der Waals surface area contributed by atoms with Gasteiger partial charge in [-0.25, -0.2) is 9.97 Å². The summed E-state index contributed by atoms with van der Waals surface area (Å²) in [6, 6.07) is 14.0. The maximum atomic E-state index is 12.7. The number of rotatable bonds is 2. The number of benzene rings is 1. The molecule has 4 rings (SSSR count). The molecule has 1 aromatic carbocycles. The zero-order chi connectivity index (χ0) is 17.4. The molecule has 0 bridgehead atoms. The summed E-state index contributed by atoms with van der Waals surface area (Å²) in [6.07, 6.45) is 1.91. The monoisotopic (exact) mass is 332 g/mol. The maximum absolute atomic E-state index is 12.7. The number of amides is 1. The Morgan fingerprint density at radius 2 is 1.92 bits per heavy atom. The highest BCUT2D eigenvalue weighted by Gasteiger charge is 2.25. The first kappa shape index (κ1) is 15.6. The van der Waals surface area contributed by atoms with Gasteiger partial charge in [-0.1, -0.05) is 29.8 Å². The largest absolute Gasteiger partial charge is 0.328 e. The van der Waals surface area contributed by atoms with Crippen LogP contribution in [-0.4, -0.2) is 31.9 Å². The van der Waals surface area contributed by atoms with Gasteiger partial charge in [0.2, 0.25) is 0 Å². The molecule has 1 aliphatic heterocycles. The quantitative estimate of drug-likeness (QED) is 0.724. The second-order valence-electron chi connectivity index (χ2n) is 6.47. The Kier molecular flexibility index (Phi) is 3.84. The fraction of sp³-hybridized carbons (Fsp3) is 0.250. The summed E-state index contributed by atoms with van der Waals surface area (Å²) in [6.45, 7) is 5.91. The number of fused-ring (bicyclic) bond motifs is 1. The SMILES string of the molecule is Cc1cccc(-c2cnc3n2CCN(C(=O)c2cccc(C)n2)C3)c1. The maximum Gasteiger partial charge on any atom is 0.272 e. The van der Waals surface area contributed by atoms with Crippen LogP contribution in [0.3, 0.4) is 0 Å². The van der Waals surface area contributed by atoms with Gasteiger partial charge < -0.3 is 9.47 Å². The summed E-state index contributed by atoms with van der Waals surface area (Å²) in [7, 11) is 0. The van der Waals surface area contributed by atoms with Crippen LogP contribution in [0.15, 0.2) is 48.7 Å². The van der Waals surface area contributed by atoms with Gasteiger partial charge in [0.15, 0.2) is 0 Å². The fourth-order valence-corrected chi connectivity index (χ4v) is 3.29. The molecule has 5 nitrogen and oxygen atoms in total. The van der Waals surface area contributed by atoms with E-state index >= 15 is 0 Å². The Balaban J connectivity index is 1.60. The molecular formula is C20H20N4O. The molecule has 1 aliphatic rings. The Labute approximate surface area is 147 Å². The highest BCUT2D eigenvalue weighted by atomic mass is 16.2. The van der Waals surface area contributed by atoms with E-state index < -0.39 is 0 Å². The van der Waals surface area contributed by atoms with Gasteiger partial charge >= 0.3 is 0 Å². The van der Waals surface area contributed by atoms with Gasteiger partial charge in [0.1, 0.15) is 11.5 Å². The summed E-state index contributed by atoms with van der Waals surface area (Å²) in [5, 5.41) is 0. The van der Waals surface area contributed by atoms with E-state index in [9.17, 15) is 4.79 Å². The minimum atomic E-state index is -0.0324. The van der Waals surface area contributed by atoms with Crippen LogP contribution in [0, 0.1) is 13.8 Å². The molecule has 0 atom stereocenters. The van der Waals surface area contributed by atoms with Crippen LogP contribution < -0.4 is 0 Å². The Hall–Kier alpha value is -2.95. The minimum absolute atomic E-state index is 0.0324. The number of carbonyl (C=O) groups excluding carboxylic acids is 1. The molecule has 0 radical (unpaired) electrons. The lowest BCUT2D eigenvalue weighted by molar-refractivity contribution is 0.0702. The van der Waals surface area contributed by atoms with Crippen molar-refractivity contribution >= 4 is 5.91 Å². The van der Waals surface area contributed by atoms with Crippen molar-refractivity contribution in [1.82, 2.24) is 19.4 Å². The van der Waals surface area contributed by atoms with Crippen molar-refractivity contribution in [2.75, 3.05) is 6.54 Å². The summed E-state index contributed by atoms with van der Waals surface area (Å²) < 4.78 is 2.21. The van der Waals surface area contributed by atoms with E-state index in [0.29, 0.717) is 18.8 Å². The van der Waals surface area contributed by atoms with Crippen molar-refractivity contribution in [3.05, 3.63) is 71.4 Å². The van der Waals surface area contributed by atoms with E-state index in [2.05, 4.69) is 45.7 Å². The highest BCUT2D eigenvalue weighted by Crippen LogP contribution is 2.25. The summed E-state index contributed by atoms with van der Waals surface area (Å²) in [5.41, 5.74) is 4.86. The number of imidazole rings is 1. The van der Waals surface area contributed by atoms with Crippen LogP contribution in [0.1, 0.15) is 27.6 Å². The van der Waals surface area contributed by atoms with Gasteiger partial charge in [0.25, 0.3) is 5.91 Å². The topological polar surface area (TPSA) is 51.0 Å². The molecule has 2 aromatic heterocycles. The van der Waals surface area contributed by atoms with Gasteiger partial charge in [0, 0.05) is 24.3 Å². The van der Waals surface area contributed by atoms with E-state index in [-0.39, 0.29) is 5.91 Å². The Morgan fingerprint density at radius 3 is 2.72 bits per heavy atom. The molecule has 0 saturated carbocycles.